The summed E-state index contributed by atoms with van der Waals surface area (Å²) < 4.78 is 5.40. The second-order valence-corrected chi connectivity index (χ2v) is 8.16. The van der Waals surface area contributed by atoms with Gasteiger partial charge in [-0.2, -0.15) is 0 Å². The van der Waals surface area contributed by atoms with Crippen molar-refractivity contribution < 1.29 is 19.4 Å². The first kappa shape index (κ1) is 18.5. The minimum absolute atomic E-state index is 0.129. The van der Waals surface area contributed by atoms with E-state index in [9.17, 15) is 14.7 Å². The summed E-state index contributed by atoms with van der Waals surface area (Å²) in [5, 5.41) is 14.3. The number of hydrogen-bond donors (Lipinski definition) is 1. The highest BCUT2D eigenvalue weighted by molar-refractivity contribution is 7.12. The molecule has 142 valence electrons. The van der Waals surface area contributed by atoms with Crippen molar-refractivity contribution in [3.8, 4) is 5.75 Å². The van der Waals surface area contributed by atoms with E-state index in [1.165, 1.54) is 27.6 Å². The minimum Gasteiger partial charge on any atom is -0.503 e. The SMILES string of the molecule is COc1ccccc1CN1C(=O)C(O)=C(C(=O)c2cccs2)C1c1cccs1. The number of carbonyl (C=O) groups excluding carboxylic acids is 2. The zero-order valence-electron chi connectivity index (χ0n) is 15.0. The number of carbonyl (C=O) groups is 2. The first-order valence-corrected chi connectivity index (χ1v) is 10.4. The first-order valence-electron chi connectivity index (χ1n) is 8.59. The topological polar surface area (TPSA) is 66.8 Å². The van der Waals surface area contributed by atoms with E-state index in [4.69, 9.17) is 4.74 Å². The van der Waals surface area contributed by atoms with Gasteiger partial charge in [-0.15, -0.1) is 22.7 Å². The molecule has 7 heteroatoms. The Hall–Kier alpha value is -2.90. The fourth-order valence-electron chi connectivity index (χ4n) is 3.35. The molecule has 0 aliphatic carbocycles. The molecule has 0 fully saturated rings. The predicted molar refractivity (Wildman–Crippen MR) is 109 cm³/mol. The molecule has 1 unspecified atom stereocenters. The summed E-state index contributed by atoms with van der Waals surface area (Å²) in [5.74, 6) is -0.699. The quantitative estimate of drug-likeness (QED) is 0.602. The van der Waals surface area contributed by atoms with Crippen LogP contribution in [0.3, 0.4) is 0 Å². The van der Waals surface area contributed by atoms with E-state index in [1.54, 1.807) is 24.6 Å². The number of amides is 1. The third kappa shape index (κ3) is 3.12. The van der Waals surface area contributed by atoms with Gasteiger partial charge in [-0.25, -0.2) is 0 Å². The second kappa shape index (κ2) is 7.61. The molecule has 1 atom stereocenters. The van der Waals surface area contributed by atoms with Crippen LogP contribution in [0.1, 0.15) is 26.2 Å². The average molecular weight is 412 g/mol. The third-order valence-electron chi connectivity index (χ3n) is 4.64. The van der Waals surface area contributed by atoms with Crippen molar-refractivity contribution in [2.24, 2.45) is 0 Å². The number of ketones is 1. The van der Waals surface area contributed by atoms with Gasteiger partial charge in [-0.1, -0.05) is 30.3 Å². The zero-order chi connectivity index (χ0) is 19.7. The molecule has 5 nitrogen and oxygen atoms in total. The lowest BCUT2D eigenvalue weighted by molar-refractivity contribution is -0.130. The Balaban J connectivity index is 1.77. The van der Waals surface area contributed by atoms with Gasteiger partial charge in [0.25, 0.3) is 5.91 Å². The van der Waals surface area contributed by atoms with Crippen molar-refractivity contribution in [1.29, 1.82) is 0 Å². The minimum atomic E-state index is -0.632. The number of ether oxygens (including phenoxy) is 1. The summed E-state index contributed by atoms with van der Waals surface area (Å²) in [5.41, 5.74) is 0.933. The summed E-state index contributed by atoms with van der Waals surface area (Å²) in [6, 6.07) is 14.0. The highest BCUT2D eigenvalue weighted by atomic mass is 32.1. The number of para-hydroxylation sites is 1. The third-order valence-corrected chi connectivity index (χ3v) is 6.43. The maximum atomic E-state index is 13.1. The number of benzene rings is 1. The summed E-state index contributed by atoms with van der Waals surface area (Å²) in [7, 11) is 1.57. The van der Waals surface area contributed by atoms with Crippen LogP contribution in [0.5, 0.6) is 5.75 Å². The van der Waals surface area contributed by atoms with Crippen molar-refractivity contribution in [2.45, 2.75) is 12.6 Å². The van der Waals surface area contributed by atoms with Crippen molar-refractivity contribution in [3.05, 3.63) is 85.9 Å². The summed E-state index contributed by atoms with van der Waals surface area (Å²) in [6.45, 7) is 0.219. The molecule has 1 aromatic carbocycles. The molecule has 4 rings (SSSR count). The fourth-order valence-corrected chi connectivity index (χ4v) is 4.87. The van der Waals surface area contributed by atoms with Gasteiger partial charge in [0.2, 0.25) is 5.78 Å². The van der Waals surface area contributed by atoms with Crippen LogP contribution in [-0.4, -0.2) is 28.8 Å². The highest BCUT2D eigenvalue weighted by Gasteiger charge is 2.44. The highest BCUT2D eigenvalue weighted by Crippen LogP contribution is 2.42. The molecule has 0 saturated carbocycles. The fraction of sp³-hybridized carbons (Fsp3) is 0.143. The van der Waals surface area contributed by atoms with Crippen molar-refractivity contribution in [1.82, 2.24) is 4.90 Å². The summed E-state index contributed by atoms with van der Waals surface area (Å²) in [6.07, 6.45) is 0. The lowest BCUT2D eigenvalue weighted by Gasteiger charge is -2.26. The maximum absolute atomic E-state index is 13.1. The Bertz CT molecular complexity index is 1040. The van der Waals surface area contributed by atoms with Gasteiger partial charge in [0.05, 0.1) is 24.1 Å². The molecule has 3 heterocycles. The Morgan fingerprint density at radius 2 is 1.86 bits per heavy atom. The van der Waals surface area contributed by atoms with Gasteiger partial charge in [0.15, 0.2) is 5.76 Å². The lowest BCUT2D eigenvalue weighted by atomic mass is 10.0. The molecule has 0 radical (unpaired) electrons. The molecule has 3 aromatic rings. The Morgan fingerprint density at radius 3 is 2.54 bits per heavy atom. The van der Waals surface area contributed by atoms with E-state index in [2.05, 4.69) is 0 Å². The van der Waals surface area contributed by atoms with E-state index in [-0.39, 0.29) is 17.9 Å². The van der Waals surface area contributed by atoms with Crippen LogP contribution in [0, 0.1) is 0 Å². The molecular weight excluding hydrogens is 394 g/mol. The summed E-state index contributed by atoms with van der Waals surface area (Å²) in [4.78, 5) is 28.9. The molecular formula is C21H17NO4S2. The van der Waals surface area contributed by atoms with Crippen LogP contribution in [0.25, 0.3) is 0 Å². The van der Waals surface area contributed by atoms with Gasteiger partial charge in [0, 0.05) is 10.4 Å². The number of methoxy groups -OCH3 is 1. The number of nitrogens with zero attached hydrogens (tertiary/aromatic N) is 1. The average Bonchev–Trinajstić information content (AvgIpc) is 3.46. The van der Waals surface area contributed by atoms with Gasteiger partial charge < -0.3 is 14.7 Å². The number of rotatable bonds is 6. The number of aliphatic hydroxyl groups is 1. The molecule has 0 spiro atoms. The Morgan fingerprint density at radius 1 is 1.11 bits per heavy atom. The molecule has 2 aromatic heterocycles. The lowest BCUT2D eigenvalue weighted by Crippen LogP contribution is -2.30. The van der Waals surface area contributed by atoms with Crippen LogP contribution in [0.15, 0.2) is 70.6 Å². The van der Waals surface area contributed by atoms with Crippen LogP contribution in [-0.2, 0) is 11.3 Å². The molecule has 1 aliphatic rings. The second-order valence-electron chi connectivity index (χ2n) is 6.23. The largest absolute Gasteiger partial charge is 0.503 e. The number of aliphatic hydroxyl groups excluding tert-OH is 1. The normalized spacial score (nSPS) is 16.7. The van der Waals surface area contributed by atoms with Crippen LogP contribution >= 0.6 is 22.7 Å². The number of thiophene rings is 2. The van der Waals surface area contributed by atoms with Gasteiger partial charge in [-0.05, 0) is 29.0 Å². The van der Waals surface area contributed by atoms with Gasteiger partial charge in [0.1, 0.15) is 11.8 Å². The molecule has 1 N–H and O–H groups in total. The van der Waals surface area contributed by atoms with Crippen LogP contribution in [0.4, 0.5) is 0 Å². The monoisotopic (exact) mass is 411 g/mol. The van der Waals surface area contributed by atoms with E-state index in [0.29, 0.717) is 10.6 Å². The maximum Gasteiger partial charge on any atom is 0.290 e. The molecule has 28 heavy (non-hydrogen) atoms. The number of hydrogen-bond acceptors (Lipinski definition) is 6. The summed E-state index contributed by atoms with van der Waals surface area (Å²) >= 11 is 2.74. The van der Waals surface area contributed by atoms with Crippen molar-refractivity contribution >= 4 is 34.4 Å². The number of Topliss-reactive ketones (excluding diaryl/α,β-unsaturated/α-hetero) is 1. The molecule has 1 aliphatic heterocycles. The smallest absolute Gasteiger partial charge is 0.290 e. The predicted octanol–water partition coefficient (Wildman–Crippen LogP) is 4.60. The van der Waals surface area contributed by atoms with E-state index in [1.807, 2.05) is 41.8 Å². The zero-order valence-corrected chi connectivity index (χ0v) is 16.6. The van der Waals surface area contributed by atoms with Gasteiger partial charge in [-0.3, -0.25) is 9.59 Å². The molecule has 0 bridgehead atoms. The van der Waals surface area contributed by atoms with Crippen molar-refractivity contribution in [3.63, 3.8) is 0 Å². The van der Waals surface area contributed by atoms with E-state index >= 15 is 0 Å². The van der Waals surface area contributed by atoms with E-state index in [0.717, 1.165) is 10.4 Å². The Kier molecular flexibility index (Phi) is 5.02. The van der Waals surface area contributed by atoms with Crippen LogP contribution in [0.2, 0.25) is 0 Å². The van der Waals surface area contributed by atoms with Crippen LogP contribution < -0.4 is 4.74 Å². The Labute approximate surface area is 170 Å². The first-order chi connectivity index (χ1) is 13.6. The molecule has 1 amide bonds. The van der Waals surface area contributed by atoms with Gasteiger partial charge >= 0.3 is 0 Å². The molecule has 0 saturated heterocycles. The van der Waals surface area contributed by atoms with E-state index < -0.39 is 17.7 Å². The van der Waals surface area contributed by atoms with Crippen molar-refractivity contribution in [2.75, 3.05) is 7.11 Å². The standard InChI is InChI=1S/C21H17NO4S2/c1-26-14-7-3-2-6-13(14)12-22-18(15-8-4-10-27-15)17(20(24)21(22)25)19(23)16-9-5-11-28-16/h2-11,18,24H,12H2,1H3.